The van der Waals surface area contributed by atoms with Crippen LogP contribution in [0.2, 0.25) is 5.02 Å². The van der Waals surface area contributed by atoms with E-state index in [2.05, 4.69) is 4.74 Å². The molecule has 0 saturated carbocycles. The third kappa shape index (κ3) is 5.52. The Bertz CT molecular complexity index is 1630. The van der Waals surface area contributed by atoms with Crippen molar-refractivity contribution in [3.63, 3.8) is 0 Å². The summed E-state index contributed by atoms with van der Waals surface area (Å²) in [4.78, 5) is 45.7. The first-order chi connectivity index (χ1) is 20.4. The number of halogens is 3. The van der Waals surface area contributed by atoms with E-state index in [0.29, 0.717) is 28.8 Å². The van der Waals surface area contributed by atoms with E-state index in [4.69, 9.17) is 16.7 Å². The zero-order chi connectivity index (χ0) is 31.2. The molecule has 0 fully saturated rings. The van der Waals surface area contributed by atoms with Gasteiger partial charge >= 0.3 is 6.61 Å². The number of alkyl halides is 2. The molecular formula is C30H29ClF2N6O4. The second-order valence-electron chi connectivity index (χ2n) is 10.8. The van der Waals surface area contributed by atoms with Gasteiger partial charge in [0.05, 0.1) is 35.4 Å². The lowest BCUT2D eigenvalue weighted by atomic mass is 9.96. The van der Waals surface area contributed by atoms with E-state index in [1.165, 1.54) is 33.8 Å². The largest absolute Gasteiger partial charge is 0.435 e. The molecule has 10 nitrogen and oxygen atoms in total. The zero-order valence-electron chi connectivity index (χ0n) is 23.9. The summed E-state index contributed by atoms with van der Waals surface area (Å²) in [5.74, 6) is -0.952. The van der Waals surface area contributed by atoms with Crippen LogP contribution in [0.4, 0.5) is 8.78 Å². The maximum atomic E-state index is 14.1. The molecule has 1 aromatic heterocycles. The van der Waals surface area contributed by atoms with E-state index < -0.39 is 18.7 Å². The molecule has 13 heteroatoms. The first-order valence-electron chi connectivity index (χ1n) is 13.6. The number of hydrogen-bond donors (Lipinski definition) is 0. The van der Waals surface area contributed by atoms with Gasteiger partial charge in [0.15, 0.2) is 0 Å². The van der Waals surface area contributed by atoms with Crippen LogP contribution in [0.25, 0.3) is 0 Å². The van der Waals surface area contributed by atoms with Crippen LogP contribution in [-0.4, -0.2) is 75.5 Å². The number of carbonyl (C=O) groups is 3. The van der Waals surface area contributed by atoms with Gasteiger partial charge in [0.1, 0.15) is 23.6 Å². The minimum atomic E-state index is -2.96. The Hall–Kier alpha value is -4.50. The zero-order valence-corrected chi connectivity index (χ0v) is 24.7. The van der Waals surface area contributed by atoms with Crippen molar-refractivity contribution in [2.75, 3.05) is 20.6 Å². The van der Waals surface area contributed by atoms with Gasteiger partial charge in [0, 0.05) is 37.7 Å². The number of benzene rings is 2. The van der Waals surface area contributed by atoms with Crippen molar-refractivity contribution in [3.05, 3.63) is 81.1 Å². The van der Waals surface area contributed by atoms with Gasteiger partial charge < -0.3 is 19.4 Å². The second kappa shape index (κ2) is 11.6. The Kier molecular flexibility index (Phi) is 8.12. The molecular weight excluding hydrogens is 582 g/mol. The molecule has 2 aliphatic rings. The van der Waals surface area contributed by atoms with Crippen LogP contribution in [0.5, 0.6) is 5.75 Å². The smallest absolute Gasteiger partial charge is 0.387 e. The lowest BCUT2D eigenvalue weighted by Crippen LogP contribution is -2.49. The van der Waals surface area contributed by atoms with Crippen LogP contribution in [0.15, 0.2) is 42.5 Å². The quantitative estimate of drug-likeness (QED) is 0.408. The summed E-state index contributed by atoms with van der Waals surface area (Å²) in [6, 6.07) is 10.9. The highest BCUT2D eigenvalue weighted by Gasteiger charge is 2.44. The van der Waals surface area contributed by atoms with Gasteiger partial charge in [0.2, 0.25) is 5.91 Å². The van der Waals surface area contributed by atoms with Crippen molar-refractivity contribution in [2.24, 2.45) is 0 Å². The predicted molar refractivity (Wildman–Crippen MR) is 152 cm³/mol. The number of hydrogen-bond acceptors (Lipinski definition) is 6. The van der Waals surface area contributed by atoms with Crippen molar-refractivity contribution in [2.45, 2.75) is 51.6 Å². The monoisotopic (exact) mass is 610 g/mol. The van der Waals surface area contributed by atoms with Crippen LogP contribution in [-0.2, 0) is 17.8 Å². The molecule has 0 aliphatic carbocycles. The SMILES string of the molecule is C[C@@H]1Cc2nn3c(c2CN1C(=O)c1ccc(Cl)c(C#N)c1)C(=O)N([C@H](C)c1ccc(OC(F)F)cc1)C[C@H]3C(=O)N(C)C. The summed E-state index contributed by atoms with van der Waals surface area (Å²) in [5, 5.41) is 14.3. The third-order valence-corrected chi connectivity index (χ3v) is 8.27. The van der Waals surface area contributed by atoms with Crippen molar-refractivity contribution in [1.29, 1.82) is 5.26 Å². The molecule has 0 saturated heterocycles. The molecule has 0 radical (unpaired) electrons. The summed E-state index contributed by atoms with van der Waals surface area (Å²) in [6.07, 6.45) is 0.358. The van der Waals surface area contributed by atoms with Crippen LogP contribution in [0.3, 0.4) is 0 Å². The lowest BCUT2D eigenvalue weighted by molar-refractivity contribution is -0.133. The molecule has 5 rings (SSSR count). The highest BCUT2D eigenvalue weighted by atomic mass is 35.5. The van der Waals surface area contributed by atoms with Gasteiger partial charge in [-0.3, -0.25) is 14.4 Å². The standard InChI is InChI=1S/C30H29ClF2N6O4/c1-16-11-24-22(14-37(16)27(40)19-7-10-23(31)20(12-19)13-34)26-29(42)38(15-25(39(26)35-24)28(41)36(3)4)17(2)18-5-8-21(9-6-18)43-30(32)33/h5-10,12,16-17,25,30H,11,14-15H2,1-4H3/t16-,17-,25+/m1/s1. The van der Waals surface area contributed by atoms with E-state index in [0.717, 1.165) is 0 Å². The summed E-state index contributed by atoms with van der Waals surface area (Å²) >= 11 is 6.07. The Morgan fingerprint density at radius 1 is 1.19 bits per heavy atom. The molecule has 3 aromatic rings. The number of fused-ring (bicyclic) bond motifs is 3. The first-order valence-corrected chi connectivity index (χ1v) is 14.0. The Morgan fingerprint density at radius 3 is 2.51 bits per heavy atom. The Morgan fingerprint density at radius 2 is 1.88 bits per heavy atom. The highest BCUT2D eigenvalue weighted by molar-refractivity contribution is 6.31. The second-order valence-corrected chi connectivity index (χ2v) is 11.2. The Labute approximate surface area is 252 Å². The van der Waals surface area contributed by atoms with E-state index in [-0.39, 0.29) is 58.9 Å². The van der Waals surface area contributed by atoms with Gasteiger partial charge in [-0.25, -0.2) is 4.68 Å². The summed E-state index contributed by atoms with van der Waals surface area (Å²) in [5.41, 5.74) is 2.55. The maximum absolute atomic E-state index is 14.1. The fourth-order valence-corrected chi connectivity index (χ4v) is 5.76. The molecule has 2 aromatic carbocycles. The molecule has 0 spiro atoms. The lowest BCUT2D eigenvalue weighted by Gasteiger charge is -2.38. The number of carbonyl (C=O) groups excluding carboxylic acids is 3. The number of nitrogens with zero attached hydrogens (tertiary/aromatic N) is 6. The van der Waals surface area contributed by atoms with Gasteiger partial charge in [-0.05, 0) is 49.7 Å². The molecule has 3 heterocycles. The third-order valence-electron chi connectivity index (χ3n) is 7.94. The van der Waals surface area contributed by atoms with Crippen LogP contribution >= 0.6 is 11.6 Å². The van der Waals surface area contributed by atoms with Crippen molar-refractivity contribution >= 4 is 29.3 Å². The van der Waals surface area contributed by atoms with Gasteiger partial charge in [-0.1, -0.05) is 23.7 Å². The fourth-order valence-electron chi connectivity index (χ4n) is 5.60. The summed E-state index contributed by atoms with van der Waals surface area (Å²) in [6.45, 7) is 0.826. The van der Waals surface area contributed by atoms with Crippen molar-refractivity contribution < 1.29 is 27.9 Å². The van der Waals surface area contributed by atoms with Crippen molar-refractivity contribution in [1.82, 2.24) is 24.5 Å². The minimum Gasteiger partial charge on any atom is -0.435 e. The van der Waals surface area contributed by atoms with Gasteiger partial charge in [0.25, 0.3) is 11.8 Å². The molecule has 0 N–H and O–H groups in total. The molecule has 43 heavy (non-hydrogen) atoms. The van der Waals surface area contributed by atoms with Gasteiger partial charge in [-0.2, -0.15) is 19.1 Å². The highest BCUT2D eigenvalue weighted by Crippen LogP contribution is 2.36. The van der Waals surface area contributed by atoms with E-state index in [1.807, 2.05) is 13.0 Å². The number of likely N-dealkylation sites (N-methyl/N-ethyl adjacent to an activating group) is 1. The average Bonchev–Trinajstić information content (AvgIpc) is 3.34. The minimum absolute atomic E-state index is 0.00909. The van der Waals surface area contributed by atoms with E-state index in [9.17, 15) is 28.4 Å². The van der Waals surface area contributed by atoms with E-state index >= 15 is 0 Å². The first kappa shape index (κ1) is 30.0. The topological polar surface area (TPSA) is 112 Å². The molecule has 3 atom stereocenters. The summed E-state index contributed by atoms with van der Waals surface area (Å²) < 4.78 is 31.2. The van der Waals surface area contributed by atoms with E-state index in [1.54, 1.807) is 49.0 Å². The molecule has 0 unspecified atom stereocenters. The van der Waals surface area contributed by atoms with Crippen LogP contribution in [0, 0.1) is 11.3 Å². The number of aromatic nitrogens is 2. The summed E-state index contributed by atoms with van der Waals surface area (Å²) in [7, 11) is 3.25. The average molecular weight is 611 g/mol. The maximum Gasteiger partial charge on any atom is 0.387 e. The molecule has 2 aliphatic heterocycles. The van der Waals surface area contributed by atoms with Gasteiger partial charge in [-0.15, -0.1) is 0 Å². The molecule has 0 bridgehead atoms. The van der Waals surface area contributed by atoms with Crippen molar-refractivity contribution in [3.8, 4) is 11.8 Å². The number of amides is 3. The molecule has 3 amide bonds. The van der Waals surface area contributed by atoms with Crippen LogP contribution < -0.4 is 4.74 Å². The van der Waals surface area contributed by atoms with Crippen LogP contribution in [0.1, 0.15) is 69.2 Å². The number of nitriles is 1. The Balaban J connectivity index is 1.52. The molecule has 224 valence electrons. The fraction of sp³-hybridized carbons (Fsp3) is 0.367. The number of ether oxygens (including phenoxy) is 1. The number of rotatable bonds is 6. The predicted octanol–water partition coefficient (Wildman–Crippen LogP) is 4.44. The normalized spacial score (nSPS) is 18.5.